The van der Waals surface area contributed by atoms with Crippen molar-refractivity contribution in [2.75, 3.05) is 17.3 Å². The third-order valence-corrected chi connectivity index (χ3v) is 3.24. The van der Waals surface area contributed by atoms with Gasteiger partial charge >= 0.3 is 0 Å². The molecule has 5 heteroatoms. The fourth-order valence-electron chi connectivity index (χ4n) is 2.19. The van der Waals surface area contributed by atoms with Crippen molar-refractivity contribution in [1.82, 2.24) is 9.97 Å². The van der Waals surface area contributed by atoms with Crippen molar-refractivity contribution in [3.05, 3.63) is 27.7 Å². The second kappa shape index (κ2) is 5.07. The molecule has 1 aromatic heterocycles. The molecule has 2 rings (SSSR count). The topological polar surface area (TPSA) is 61.0 Å². The number of hydrogen-bond acceptors (Lipinski definition) is 4. The van der Waals surface area contributed by atoms with E-state index in [2.05, 4.69) is 35.3 Å². The standard InChI is InChI=1S/C14H22N4O/c1-8(2)10-6-11-12(18(5)7-10)16-14(15-9(3)4)17-13(11)19/h7-9H,6H2,1-5H3,(H2,15,16,17,19). The van der Waals surface area contributed by atoms with Crippen molar-refractivity contribution in [2.24, 2.45) is 5.92 Å². The number of aromatic amines is 1. The number of anilines is 2. The summed E-state index contributed by atoms with van der Waals surface area (Å²) in [5, 5.41) is 3.14. The van der Waals surface area contributed by atoms with Crippen molar-refractivity contribution in [2.45, 2.75) is 40.2 Å². The molecule has 2 N–H and O–H groups in total. The lowest BCUT2D eigenvalue weighted by Gasteiger charge is -2.26. The molecule has 0 saturated carbocycles. The molecule has 1 aliphatic rings. The average molecular weight is 262 g/mol. The Bertz CT molecular complexity index is 557. The minimum atomic E-state index is -0.0498. The third kappa shape index (κ3) is 2.80. The molecule has 1 aliphatic heterocycles. The minimum absolute atomic E-state index is 0.0498. The lowest BCUT2D eigenvalue weighted by molar-refractivity contribution is 0.718. The maximum absolute atomic E-state index is 12.2. The first-order chi connectivity index (χ1) is 8.88. The Kier molecular flexibility index (Phi) is 3.64. The van der Waals surface area contributed by atoms with E-state index in [4.69, 9.17) is 0 Å². The molecule has 0 atom stereocenters. The van der Waals surface area contributed by atoms with Crippen LogP contribution in [0.15, 0.2) is 16.6 Å². The third-order valence-electron chi connectivity index (χ3n) is 3.24. The molecule has 0 aromatic carbocycles. The molecule has 19 heavy (non-hydrogen) atoms. The van der Waals surface area contributed by atoms with Crippen molar-refractivity contribution in [1.29, 1.82) is 0 Å². The predicted molar refractivity (Wildman–Crippen MR) is 78.6 cm³/mol. The van der Waals surface area contributed by atoms with Crippen LogP contribution in [0, 0.1) is 5.92 Å². The molecular formula is C14H22N4O. The van der Waals surface area contributed by atoms with E-state index >= 15 is 0 Å². The highest BCUT2D eigenvalue weighted by Crippen LogP contribution is 2.27. The van der Waals surface area contributed by atoms with Crippen molar-refractivity contribution < 1.29 is 0 Å². The summed E-state index contributed by atoms with van der Waals surface area (Å²) in [6.45, 7) is 8.31. The second-order valence-corrected chi connectivity index (χ2v) is 5.66. The summed E-state index contributed by atoms with van der Waals surface area (Å²) in [7, 11) is 1.94. The van der Waals surface area contributed by atoms with Crippen molar-refractivity contribution >= 4 is 11.8 Å². The summed E-state index contributed by atoms with van der Waals surface area (Å²) in [5.74, 6) is 1.71. The van der Waals surface area contributed by atoms with Crippen molar-refractivity contribution in [3.8, 4) is 0 Å². The van der Waals surface area contributed by atoms with Gasteiger partial charge in [-0.2, -0.15) is 4.98 Å². The second-order valence-electron chi connectivity index (χ2n) is 5.66. The highest BCUT2D eigenvalue weighted by molar-refractivity contribution is 5.56. The summed E-state index contributed by atoms with van der Waals surface area (Å²) in [5.41, 5.74) is 1.96. The van der Waals surface area contributed by atoms with Gasteiger partial charge in [-0.1, -0.05) is 13.8 Å². The molecule has 0 fully saturated rings. The Morgan fingerprint density at radius 1 is 1.37 bits per heavy atom. The van der Waals surface area contributed by atoms with Crippen molar-refractivity contribution in [3.63, 3.8) is 0 Å². The van der Waals surface area contributed by atoms with Crippen LogP contribution in [0.25, 0.3) is 0 Å². The van der Waals surface area contributed by atoms with Crippen LogP contribution in [0.4, 0.5) is 11.8 Å². The Labute approximate surface area is 113 Å². The summed E-state index contributed by atoms with van der Waals surface area (Å²) < 4.78 is 0. The van der Waals surface area contributed by atoms with Gasteiger partial charge in [0.1, 0.15) is 5.82 Å². The van der Waals surface area contributed by atoms with Gasteiger partial charge in [-0.15, -0.1) is 0 Å². The van der Waals surface area contributed by atoms with Gasteiger partial charge in [0.25, 0.3) is 5.56 Å². The van der Waals surface area contributed by atoms with Crippen LogP contribution in [-0.2, 0) is 6.42 Å². The van der Waals surface area contributed by atoms with Gasteiger partial charge in [-0.3, -0.25) is 9.78 Å². The van der Waals surface area contributed by atoms with Gasteiger partial charge in [-0.05, 0) is 25.3 Å². The van der Waals surface area contributed by atoms with Crippen LogP contribution in [0.5, 0.6) is 0 Å². The number of fused-ring (bicyclic) bond motifs is 1. The minimum Gasteiger partial charge on any atom is -0.354 e. The number of aromatic nitrogens is 2. The molecule has 0 spiro atoms. The predicted octanol–water partition coefficient (Wildman–Crippen LogP) is 2.12. The fraction of sp³-hybridized carbons (Fsp3) is 0.571. The number of allylic oxidation sites excluding steroid dienone is 1. The van der Waals surface area contributed by atoms with Gasteiger partial charge in [-0.25, -0.2) is 0 Å². The molecule has 0 bridgehead atoms. The van der Waals surface area contributed by atoms with E-state index in [-0.39, 0.29) is 11.6 Å². The van der Waals surface area contributed by atoms with Gasteiger partial charge in [0.05, 0.1) is 5.56 Å². The van der Waals surface area contributed by atoms with E-state index in [1.807, 2.05) is 25.8 Å². The zero-order valence-electron chi connectivity index (χ0n) is 12.2. The first kappa shape index (κ1) is 13.6. The molecule has 0 amide bonds. The van der Waals surface area contributed by atoms with E-state index in [1.54, 1.807) is 0 Å². The summed E-state index contributed by atoms with van der Waals surface area (Å²) >= 11 is 0. The monoisotopic (exact) mass is 262 g/mol. The average Bonchev–Trinajstić information content (AvgIpc) is 2.29. The number of nitrogens with zero attached hydrogens (tertiary/aromatic N) is 2. The molecule has 5 nitrogen and oxygen atoms in total. The first-order valence-corrected chi connectivity index (χ1v) is 6.71. The first-order valence-electron chi connectivity index (χ1n) is 6.71. The summed E-state index contributed by atoms with van der Waals surface area (Å²) in [6, 6.07) is 0.233. The van der Waals surface area contributed by atoms with Crippen LogP contribution in [0.2, 0.25) is 0 Å². The van der Waals surface area contributed by atoms with E-state index in [1.165, 1.54) is 5.57 Å². The Morgan fingerprint density at radius 3 is 2.63 bits per heavy atom. The highest BCUT2D eigenvalue weighted by Gasteiger charge is 2.22. The van der Waals surface area contributed by atoms with E-state index in [0.717, 1.165) is 11.4 Å². The van der Waals surface area contributed by atoms with Gasteiger partial charge in [0, 0.05) is 25.7 Å². The van der Waals surface area contributed by atoms with E-state index in [0.29, 0.717) is 18.3 Å². The van der Waals surface area contributed by atoms with E-state index < -0.39 is 0 Å². The number of nitrogens with one attached hydrogen (secondary N) is 2. The Morgan fingerprint density at radius 2 is 2.05 bits per heavy atom. The molecular weight excluding hydrogens is 240 g/mol. The molecule has 0 aliphatic carbocycles. The summed E-state index contributed by atoms with van der Waals surface area (Å²) in [6.07, 6.45) is 2.76. The largest absolute Gasteiger partial charge is 0.354 e. The SMILES string of the molecule is CC(C)Nc1nc2c(c(=O)[nH]1)CC(C(C)C)=CN2C. The summed E-state index contributed by atoms with van der Waals surface area (Å²) in [4.78, 5) is 21.4. The smallest absolute Gasteiger partial charge is 0.257 e. The molecule has 2 heterocycles. The normalized spacial score (nSPS) is 14.7. The Hall–Kier alpha value is -1.78. The zero-order chi connectivity index (χ0) is 14.2. The van der Waals surface area contributed by atoms with E-state index in [9.17, 15) is 4.79 Å². The van der Waals surface area contributed by atoms with Gasteiger partial charge in [0.2, 0.25) is 5.95 Å². The van der Waals surface area contributed by atoms with Crippen LogP contribution < -0.4 is 15.8 Å². The number of hydrogen-bond donors (Lipinski definition) is 2. The quantitative estimate of drug-likeness (QED) is 0.876. The zero-order valence-corrected chi connectivity index (χ0v) is 12.2. The van der Waals surface area contributed by atoms with Crippen LogP contribution in [0.3, 0.4) is 0 Å². The maximum atomic E-state index is 12.2. The molecule has 0 unspecified atom stereocenters. The number of rotatable bonds is 3. The Balaban J connectivity index is 2.43. The van der Waals surface area contributed by atoms with Crippen LogP contribution in [-0.4, -0.2) is 23.1 Å². The molecule has 104 valence electrons. The maximum Gasteiger partial charge on any atom is 0.257 e. The molecule has 0 saturated heterocycles. The van der Waals surface area contributed by atoms with Gasteiger partial charge < -0.3 is 10.2 Å². The highest BCUT2D eigenvalue weighted by atomic mass is 16.1. The fourth-order valence-corrected chi connectivity index (χ4v) is 2.19. The lowest BCUT2D eigenvalue weighted by Crippen LogP contribution is -2.29. The van der Waals surface area contributed by atoms with Crippen LogP contribution in [0.1, 0.15) is 33.3 Å². The van der Waals surface area contributed by atoms with Gasteiger partial charge in [0.15, 0.2) is 0 Å². The number of H-pyrrole nitrogens is 1. The molecule has 0 radical (unpaired) electrons. The lowest BCUT2D eigenvalue weighted by atomic mass is 9.95. The van der Waals surface area contributed by atoms with Crippen LogP contribution >= 0.6 is 0 Å². The molecule has 1 aromatic rings.